The fourth-order valence-corrected chi connectivity index (χ4v) is 8.33. The Morgan fingerprint density at radius 3 is 1.33 bits per heavy atom. The summed E-state index contributed by atoms with van der Waals surface area (Å²) >= 11 is 0. The van der Waals surface area contributed by atoms with E-state index in [4.69, 9.17) is 9.47 Å². The van der Waals surface area contributed by atoms with Crippen molar-refractivity contribution in [3.05, 3.63) is 24.3 Å². The van der Waals surface area contributed by atoms with E-state index in [1.165, 1.54) is 186 Å². The van der Waals surface area contributed by atoms with E-state index in [1.807, 2.05) is 6.08 Å². The highest BCUT2D eigenvalue weighted by Gasteiger charge is 2.44. The zero-order valence-electron chi connectivity index (χ0n) is 39.7. The van der Waals surface area contributed by atoms with E-state index < -0.39 is 49.5 Å². The maximum absolute atomic E-state index is 13.0. The zero-order chi connectivity index (χ0) is 44.4. The highest BCUT2D eigenvalue weighted by Crippen LogP contribution is 2.23. The summed E-state index contributed by atoms with van der Waals surface area (Å²) < 4.78 is 11.2. The summed E-state index contributed by atoms with van der Waals surface area (Å²) in [6.45, 7) is 3.79. The number of aliphatic hydroxyl groups is 5. The van der Waals surface area contributed by atoms with Gasteiger partial charge in [-0.05, 0) is 44.9 Å². The van der Waals surface area contributed by atoms with E-state index in [2.05, 4.69) is 31.3 Å². The van der Waals surface area contributed by atoms with Gasteiger partial charge >= 0.3 is 0 Å². The van der Waals surface area contributed by atoms with E-state index in [0.717, 1.165) is 38.5 Å². The lowest BCUT2D eigenvalue weighted by molar-refractivity contribution is -0.302. The van der Waals surface area contributed by atoms with Gasteiger partial charge in [0.1, 0.15) is 24.4 Å². The first-order chi connectivity index (χ1) is 29.8. The van der Waals surface area contributed by atoms with Crippen LogP contribution in [0.3, 0.4) is 0 Å². The molecule has 1 aliphatic heterocycles. The van der Waals surface area contributed by atoms with Crippen molar-refractivity contribution in [3.8, 4) is 0 Å². The minimum atomic E-state index is -1.57. The molecule has 0 bridgehead atoms. The number of ether oxygens (including phenoxy) is 2. The van der Waals surface area contributed by atoms with Crippen molar-refractivity contribution in [2.45, 2.75) is 288 Å². The quantitative estimate of drug-likeness (QED) is 0.0262. The molecule has 9 nitrogen and oxygen atoms in total. The third-order valence-corrected chi connectivity index (χ3v) is 12.5. The Balaban J connectivity index is 2.29. The summed E-state index contributed by atoms with van der Waals surface area (Å²) in [5.41, 5.74) is 0. The van der Waals surface area contributed by atoms with Crippen LogP contribution in [0.15, 0.2) is 24.3 Å². The van der Waals surface area contributed by atoms with Crippen LogP contribution in [0.2, 0.25) is 0 Å². The molecule has 1 fully saturated rings. The predicted molar refractivity (Wildman–Crippen MR) is 253 cm³/mol. The first-order valence-electron chi connectivity index (χ1n) is 26.1. The standard InChI is InChI=1S/C52H99NO8/c1-3-5-7-9-11-13-15-17-19-21-23-24-26-28-30-32-34-36-38-40-42-48(56)53-45(44-60-52-51(59)50(58)49(57)47(43-54)61-52)46(55)41-39-37-35-33-31-29-27-25-22-20-18-16-14-12-10-8-6-4-2/h23-24,39,41,45-47,49-52,54-55,57-59H,3-22,25-38,40,42-44H2,1-2H3,(H,53,56)/b24-23-,41-39+. The van der Waals surface area contributed by atoms with E-state index in [0.29, 0.717) is 6.42 Å². The first kappa shape index (κ1) is 57.7. The average Bonchev–Trinajstić information content (AvgIpc) is 3.26. The summed E-state index contributed by atoms with van der Waals surface area (Å²) in [6.07, 6.45) is 45.1. The number of rotatable bonds is 44. The molecule has 9 heteroatoms. The molecule has 1 rings (SSSR count). The van der Waals surface area contributed by atoms with Gasteiger partial charge in [-0.25, -0.2) is 0 Å². The van der Waals surface area contributed by atoms with Crippen LogP contribution in [-0.2, 0) is 14.3 Å². The van der Waals surface area contributed by atoms with Gasteiger partial charge in [-0.1, -0.05) is 218 Å². The molecule has 0 aliphatic carbocycles. The fraction of sp³-hybridized carbons (Fsp3) is 0.904. The number of amides is 1. The van der Waals surface area contributed by atoms with E-state index in [9.17, 15) is 30.3 Å². The maximum atomic E-state index is 13.0. The van der Waals surface area contributed by atoms with Crippen LogP contribution in [0, 0.1) is 0 Å². The lowest BCUT2D eigenvalue weighted by Gasteiger charge is -2.40. The molecule has 1 aliphatic rings. The molecule has 0 aromatic heterocycles. The summed E-state index contributed by atoms with van der Waals surface area (Å²) in [4.78, 5) is 13.0. The molecular weight excluding hydrogens is 767 g/mol. The SMILES string of the molecule is CCCCCCCCCCC/C=C\CCCCCCCCCC(=O)NC(COC1OC(CO)C(O)C(O)C1O)C(O)/C=C/CCCCCCCCCCCCCCCCCC. The monoisotopic (exact) mass is 866 g/mol. The van der Waals surface area contributed by atoms with Gasteiger partial charge in [-0.15, -0.1) is 0 Å². The second-order valence-corrected chi connectivity index (χ2v) is 18.3. The molecule has 0 saturated carbocycles. The van der Waals surface area contributed by atoms with Gasteiger partial charge in [-0.3, -0.25) is 4.79 Å². The van der Waals surface area contributed by atoms with Crippen molar-refractivity contribution in [1.82, 2.24) is 5.32 Å². The van der Waals surface area contributed by atoms with Crippen molar-refractivity contribution in [1.29, 1.82) is 0 Å². The molecule has 61 heavy (non-hydrogen) atoms. The van der Waals surface area contributed by atoms with Crippen molar-refractivity contribution in [2.75, 3.05) is 13.2 Å². The Morgan fingerprint density at radius 2 is 0.918 bits per heavy atom. The van der Waals surface area contributed by atoms with Crippen molar-refractivity contribution in [2.24, 2.45) is 0 Å². The Bertz CT molecular complexity index is 1010. The molecule has 360 valence electrons. The summed E-state index contributed by atoms with van der Waals surface area (Å²) in [7, 11) is 0. The van der Waals surface area contributed by atoms with Gasteiger partial charge < -0.3 is 40.3 Å². The average molecular weight is 866 g/mol. The number of hydrogen-bond acceptors (Lipinski definition) is 8. The van der Waals surface area contributed by atoms with Gasteiger partial charge in [0.15, 0.2) is 6.29 Å². The molecule has 0 radical (unpaired) electrons. The topological polar surface area (TPSA) is 149 Å². The smallest absolute Gasteiger partial charge is 0.220 e. The molecule has 1 amide bonds. The molecule has 6 N–H and O–H groups in total. The summed E-state index contributed by atoms with van der Waals surface area (Å²) in [6, 6.07) is -0.805. The largest absolute Gasteiger partial charge is 0.394 e. The number of nitrogens with one attached hydrogen (secondary N) is 1. The van der Waals surface area contributed by atoms with Gasteiger partial charge in [0.05, 0.1) is 25.4 Å². The molecule has 7 atom stereocenters. The van der Waals surface area contributed by atoms with E-state index in [1.54, 1.807) is 6.08 Å². The van der Waals surface area contributed by atoms with Crippen molar-refractivity contribution >= 4 is 5.91 Å². The minimum absolute atomic E-state index is 0.179. The van der Waals surface area contributed by atoms with Gasteiger partial charge in [0.2, 0.25) is 5.91 Å². The van der Waals surface area contributed by atoms with Crippen molar-refractivity contribution in [3.63, 3.8) is 0 Å². The Labute approximate surface area is 375 Å². The molecule has 0 aromatic carbocycles. The van der Waals surface area contributed by atoms with Crippen LogP contribution in [0.1, 0.15) is 245 Å². The van der Waals surface area contributed by atoms with Crippen LogP contribution in [0.25, 0.3) is 0 Å². The van der Waals surface area contributed by atoms with E-state index >= 15 is 0 Å². The summed E-state index contributed by atoms with van der Waals surface area (Å²) in [5.74, 6) is -0.179. The number of carbonyl (C=O) groups excluding carboxylic acids is 1. The Kier molecular flexibility index (Phi) is 40.3. The number of hydrogen-bond donors (Lipinski definition) is 6. The lowest BCUT2D eigenvalue weighted by atomic mass is 9.99. The van der Waals surface area contributed by atoms with Gasteiger partial charge in [0.25, 0.3) is 0 Å². The van der Waals surface area contributed by atoms with Gasteiger partial charge in [-0.2, -0.15) is 0 Å². The lowest BCUT2D eigenvalue weighted by Crippen LogP contribution is -2.60. The van der Waals surface area contributed by atoms with Crippen LogP contribution in [0.4, 0.5) is 0 Å². The second-order valence-electron chi connectivity index (χ2n) is 18.3. The van der Waals surface area contributed by atoms with Crippen molar-refractivity contribution < 1.29 is 39.8 Å². The van der Waals surface area contributed by atoms with Gasteiger partial charge in [0, 0.05) is 6.42 Å². The Hall–Kier alpha value is -1.33. The normalized spacial score (nSPS) is 20.5. The predicted octanol–water partition coefficient (Wildman–Crippen LogP) is 11.8. The first-order valence-corrected chi connectivity index (χ1v) is 26.1. The number of allylic oxidation sites excluding steroid dienone is 3. The van der Waals surface area contributed by atoms with Crippen LogP contribution >= 0.6 is 0 Å². The molecule has 7 unspecified atom stereocenters. The molecular formula is C52H99NO8. The highest BCUT2D eigenvalue weighted by atomic mass is 16.7. The third-order valence-electron chi connectivity index (χ3n) is 12.5. The van der Waals surface area contributed by atoms with Crippen LogP contribution < -0.4 is 5.32 Å². The molecule has 1 heterocycles. The zero-order valence-corrected chi connectivity index (χ0v) is 39.7. The third kappa shape index (κ3) is 32.9. The molecule has 0 aromatic rings. The maximum Gasteiger partial charge on any atom is 0.220 e. The fourth-order valence-electron chi connectivity index (χ4n) is 8.33. The minimum Gasteiger partial charge on any atom is -0.394 e. The molecule has 0 spiro atoms. The summed E-state index contributed by atoms with van der Waals surface area (Å²) in [5, 5.41) is 54.4. The number of aliphatic hydroxyl groups excluding tert-OH is 5. The number of unbranched alkanes of at least 4 members (excludes halogenated alkanes) is 32. The second kappa shape index (κ2) is 42.6. The van der Waals surface area contributed by atoms with E-state index in [-0.39, 0.29) is 12.5 Å². The highest BCUT2D eigenvalue weighted by molar-refractivity contribution is 5.76. The number of carbonyl (C=O) groups is 1. The van der Waals surface area contributed by atoms with Crippen LogP contribution in [-0.4, -0.2) is 87.5 Å². The Morgan fingerprint density at radius 1 is 0.541 bits per heavy atom. The molecule has 1 saturated heterocycles. The van der Waals surface area contributed by atoms with Crippen LogP contribution in [0.5, 0.6) is 0 Å².